The number of ether oxygens (including phenoxy) is 1. The number of carbonyl (C=O) groups excluding carboxylic acids is 2. The fraction of sp³-hybridized carbons (Fsp3) is 0.815. The van der Waals surface area contributed by atoms with Gasteiger partial charge in [-0.2, -0.15) is 0 Å². The van der Waals surface area contributed by atoms with Crippen molar-refractivity contribution in [1.29, 1.82) is 0 Å². The van der Waals surface area contributed by atoms with Gasteiger partial charge in [0, 0.05) is 6.42 Å². The van der Waals surface area contributed by atoms with Crippen molar-refractivity contribution in [1.82, 2.24) is 5.32 Å². The van der Waals surface area contributed by atoms with Crippen LogP contribution in [0.25, 0.3) is 0 Å². The van der Waals surface area contributed by atoms with Gasteiger partial charge in [0.25, 0.3) is 0 Å². The summed E-state index contributed by atoms with van der Waals surface area (Å²) in [7, 11) is 0. The molecule has 60 heavy (non-hydrogen) atoms. The smallest absolute Gasteiger partial charge is 0.306 e. The van der Waals surface area contributed by atoms with Gasteiger partial charge in [0.15, 0.2) is 0 Å². The Hall–Kier alpha value is -2.18. The first-order valence-corrected chi connectivity index (χ1v) is 25.9. The lowest BCUT2D eigenvalue weighted by Gasteiger charge is -2.24. The highest BCUT2D eigenvalue weighted by molar-refractivity contribution is 5.77. The average molecular weight is 842 g/mol. The number of hydrogen-bond donors (Lipinski definition) is 3. The molecule has 0 saturated heterocycles. The fourth-order valence-corrected chi connectivity index (χ4v) is 7.73. The summed E-state index contributed by atoms with van der Waals surface area (Å²) in [5.41, 5.74) is 0. The Bertz CT molecular complexity index is 1040. The third-order valence-corrected chi connectivity index (χ3v) is 11.6. The van der Waals surface area contributed by atoms with Gasteiger partial charge >= 0.3 is 5.97 Å². The highest BCUT2D eigenvalue weighted by Crippen LogP contribution is 2.17. The van der Waals surface area contributed by atoms with Crippen molar-refractivity contribution < 1.29 is 24.5 Å². The Morgan fingerprint density at radius 3 is 1.38 bits per heavy atom. The Balaban J connectivity index is 4.57. The average Bonchev–Trinajstić information content (AvgIpc) is 3.24. The number of allylic oxidation sites excluding steroid dienone is 8. The van der Waals surface area contributed by atoms with Crippen LogP contribution >= 0.6 is 0 Å². The van der Waals surface area contributed by atoms with Gasteiger partial charge in [-0.3, -0.25) is 9.59 Å². The minimum absolute atomic E-state index is 0.0596. The van der Waals surface area contributed by atoms with Crippen LogP contribution in [0.15, 0.2) is 48.6 Å². The summed E-state index contributed by atoms with van der Waals surface area (Å²) in [4.78, 5) is 26.1. The number of esters is 1. The molecule has 0 aliphatic carbocycles. The van der Waals surface area contributed by atoms with E-state index in [-0.39, 0.29) is 24.9 Å². The third kappa shape index (κ3) is 42.5. The predicted octanol–water partition coefficient (Wildman–Crippen LogP) is 15.5. The predicted molar refractivity (Wildman–Crippen MR) is 259 cm³/mol. The van der Waals surface area contributed by atoms with Gasteiger partial charge in [0.2, 0.25) is 5.91 Å². The first kappa shape index (κ1) is 57.8. The van der Waals surface area contributed by atoms with E-state index in [0.717, 1.165) is 96.3 Å². The largest absolute Gasteiger partial charge is 0.462 e. The molecule has 1 amide bonds. The second-order valence-electron chi connectivity index (χ2n) is 17.5. The Morgan fingerprint density at radius 1 is 0.500 bits per heavy atom. The standard InChI is InChI=1S/C54H99NO5/c1-4-7-10-13-16-19-21-23-25-26-27-28-30-32-35-38-41-44-47-54(59)60-50(45-42-39-36-34-31-29-24-22-20-17-14-11-8-5-2)48-53(58)55-51(49-56)52(57)46-43-40-37-33-18-15-12-9-6-3/h8,11,17,20,24,27-29,50-52,56-57H,4-7,9-10,12-16,18-19,21-23,25-26,30-49H2,1-3H3,(H,55,58)/b11-8+,20-17+,28-27+,29-24+. The van der Waals surface area contributed by atoms with E-state index in [4.69, 9.17) is 4.74 Å². The number of unbranched alkanes of at least 4 members (excludes halogenated alkanes) is 26. The Labute approximate surface area is 372 Å². The minimum Gasteiger partial charge on any atom is -0.462 e. The van der Waals surface area contributed by atoms with Gasteiger partial charge in [0.1, 0.15) is 6.10 Å². The molecule has 0 heterocycles. The van der Waals surface area contributed by atoms with E-state index < -0.39 is 18.2 Å². The van der Waals surface area contributed by atoms with Gasteiger partial charge in [-0.05, 0) is 83.5 Å². The molecular weight excluding hydrogens is 743 g/mol. The zero-order valence-corrected chi connectivity index (χ0v) is 39.8. The van der Waals surface area contributed by atoms with Crippen molar-refractivity contribution in [2.45, 2.75) is 277 Å². The van der Waals surface area contributed by atoms with E-state index in [0.29, 0.717) is 19.3 Å². The third-order valence-electron chi connectivity index (χ3n) is 11.6. The topological polar surface area (TPSA) is 95.9 Å². The molecule has 3 atom stereocenters. The van der Waals surface area contributed by atoms with Crippen LogP contribution in [0.4, 0.5) is 0 Å². The van der Waals surface area contributed by atoms with Crippen LogP contribution in [0.2, 0.25) is 0 Å². The van der Waals surface area contributed by atoms with Gasteiger partial charge in [-0.15, -0.1) is 0 Å². The number of hydrogen-bond acceptors (Lipinski definition) is 5. The summed E-state index contributed by atoms with van der Waals surface area (Å²) >= 11 is 0. The van der Waals surface area contributed by atoms with E-state index in [1.807, 2.05) is 0 Å². The van der Waals surface area contributed by atoms with Crippen molar-refractivity contribution in [3.05, 3.63) is 48.6 Å². The van der Waals surface area contributed by atoms with E-state index in [1.165, 1.54) is 116 Å². The lowest BCUT2D eigenvalue weighted by molar-refractivity contribution is -0.151. The molecule has 0 fully saturated rings. The van der Waals surface area contributed by atoms with Crippen LogP contribution in [0.3, 0.4) is 0 Å². The molecule has 0 spiro atoms. The van der Waals surface area contributed by atoms with E-state index in [1.54, 1.807) is 0 Å². The maximum absolute atomic E-state index is 13.2. The quantitative estimate of drug-likeness (QED) is 0.0322. The zero-order chi connectivity index (χ0) is 43.8. The van der Waals surface area contributed by atoms with Crippen molar-refractivity contribution in [2.75, 3.05) is 6.61 Å². The molecule has 0 radical (unpaired) electrons. The summed E-state index contributed by atoms with van der Waals surface area (Å²) in [6.45, 7) is 6.35. The minimum atomic E-state index is -0.793. The SMILES string of the molecule is CC/C=C/C/C=C/C/C=C/CCCCCCC(CC(=O)NC(CO)C(O)CCCCCCCCCCC)OC(=O)CCCCCCC/C=C/CCCCCCCCCCC. The molecule has 0 rings (SSSR count). The lowest BCUT2D eigenvalue weighted by atomic mass is 10.0. The van der Waals surface area contributed by atoms with Gasteiger partial charge in [-0.1, -0.05) is 211 Å². The molecule has 6 heteroatoms. The van der Waals surface area contributed by atoms with Crippen LogP contribution in [0.1, 0.15) is 258 Å². The van der Waals surface area contributed by atoms with Crippen molar-refractivity contribution >= 4 is 11.9 Å². The normalized spacial score (nSPS) is 13.6. The molecule has 0 bridgehead atoms. The van der Waals surface area contributed by atoms with E-state index >= 15 is 0 Å². The molecule has 0 aliphatic heterocycles. The summed E-state index contributed by atoms with van der Waals surface area (Å²) in [5.74, 6) is -0.502. The number of amides is 1. The monoisotopic (exact) mass is 842 g/mol. The van der Waals surface area contributed by atoms with Gasteiger partial charge in [0.05, 0.1) is 25.2 Å². The maximum atomic E-state index is 13.2. The van der Waals surface area contributed by atoms with Crippen molar-refractivity contribution in [2.24, 2.45) is 0 Å². The molecule has 6 nitrogen and oxygen atoms in total. The van der Waals surface area contributed by atoms with Crippen molar-refractivity contribution in [3.8, 4) is 0 Å². The molecule has 0 aromatic carbocycles. The van der Waals surface area contributed by atoms with Crippen LogP contribution in [-0.4, -0.2) is 46.9 Å². The van der Waals surface area contributed by atoms with E-state index in [2.05, 4.69) is 74.7 Å². The number of rotatable bonds is 46. The first-order valence-electron chi connectivity index (χ1n) is 25.9. The van der Waals surface area contributed by atoms with Gasteiger partial charge in [-0.25, -0.2) is 0 Å². The lowest BCUT2D eigenvalue weighted by Crippen LogP contribution is -2.46. The number of carbonyl (C=O) groups is 2. The second-order valence-corrected chi connectivity index (χ2v) is 17.5. The van der Waals surface area contributed by atoms with Crippen LogP contribution in [0, 0.1) is 0 Å². The van der Waals surface area contributed by atoms with Crippen molar-refractivity contribution in [3.63, 3.8) is 0 Å². The van der Waals surface area contributed by atoms with E-state index in [9.17, 15) is 19.8 Å². The molecule has 0 aliphatic rings. The number of nitrogens with one attached hydrogen (secondary N) is 1. The molecule has 0 saturated carbocycles. The maximum Gasteiger partial charge on any atom is 0.306 e. The van der Waals surface area contributed by atoms with Crippen LogP contribution in [-0.2, 0) is 14.3 Å². The molecule has 3 N–H and O–H groups in total. The highest BCUT2D eigenvalue weighted by atomic mass is 16.5. The zero-order valence-electron chi connectivity index (χ0n) is 39.8. The fourth-order valence-electron chi connectivity index (χ4n) is 7.73. The highest BCUT2D eigenvalue weighted by Gasteiger charge is 2.24. The number of aliphatic hydroxyl groups excluding tert-OH is 2. The number of aliphatic hydroxyl groups is 2. The van der Waals surface area contributed by atoms with Gasteiger partial charge < -0.3 is 20.3 Å². The molecular formula is C54H99NO5. The summed E-state index contributed by atoms with van der Waals surface area (Å²) in [5, 5.41) is 23.7. The molecule has 350 valence electrons. The Kier molecular flexibility index (Phi) is 46.1. The summed E-state index contributed by atoms with van der Waals surface area (Å²) in [6, 6.07) is -0.709. The molecule has 0 aromatic rings. The molecule has 3 unspecified atom stereocenters. The van der Waals surface area contributed by atoms with Crippen LogP contribution in [0.5, 0.6) is 0 Å². The van der Waals surface area contributed by atoms with Crippen LogP contribution < -0.4 is 5.32 Å². The second kappa shape index (κ2) is 47.9. The summed E-state index contributed by atoms with van der Waals surface area (Å²) in [6.07, 6.45) is 57.5. The summed E-state index contributed by atoms with van der Waals surface area (Å²) < 4.78 is 5.92. The Morgan fingerprint density at radius 2 is 0.900 bits per heavy atom. The first-order chi connectivity index (χ1) is 29.5. The molecule has 0 aromatic heterocycles.